The number of anilines is 1. The number of ether oxygens (including phenoxy) is 1. The summed E-state index contributed by atoms with van der Waals surface area (Å²) in [4.78, 5) is 12.3. The molecule has 7 heteroatoms. The molecule has 0 atom stereocenters. The first-order chi connectivity index (χ1) is 13.8. The summed E-state index contributed by atoms with van der Waals surface area (Å²) in [5.41, 5.74) is 3.93. The molecule has 3 rings (SSSR count). The fraction of sp³-hybridized carbons (Fsp3) is 0.409. The van der Waals surface area contributed by atoms with Gasteiger partial charge in [-0.1, -0.05) is 24.3 Å². The lowest BCUT2D eigenvalue weighted by Crippen LogP contribution is -2.35. The molecule has 0 aliphatic carbocycles. The Morgan fingerprint density at radius 3 is 2.72 bits per heavy atom. The number of aryl methyl sites for hydroxylation is 1. The molecule has 1 aliphatic rings. The molecule has 1 heterocycles. The van der Waals surface area contributed by atoms with Crippen molar-refractivity contribution in [1.82, 2.24) is 4.31 Å². The van der Waals surface area contributed by atoms with Gasteiger partial charge in [-0.3, -0.25) is 4.79 Å². The van der Waals surface area contributed by atoms with Crippen molar-refractivity contribution in [3.8, 4) is 5.75 Å². The second-order valence-electron chi connectivity index (χ2n) is 7.46. The van der Waals surface area contributed by atoms with Crippen LogP contribution in [0.2, 0.25) is 0 Å². The Hall–Kier alpha value is -2.38. The van der Waals surface area contributed by atoms with Gasteiger partial charge >= 0.3 is 0 Å². The van der Waals surface area contributed by atoms with Crippen molar-refractivity contribution in [1.29, 1.82) is 0 Å². The summed E-state index contributed by atoms with van der Waals surface area (Å²) in [5.74, 6) is 0.827. The predicted octanol–water partition coefficient (Wildman–Crippen LogP) is 3.50. The van der Waals surface area contributed by atoms with Gasteiger partial charge in [0.25, 0.3) is 0 Å². The minimum Gasteiger partial charge on any atom is -0.494 e. The summed E-state index contributed by atoms with van der Waals surface area (Å²) < 4.78 is 30.7. The first-order valence-electron chi connectivity index (χ1n) is 9.88. The van der Waals surface area contributed by atoms with Crippen LogP contribution in [0.5, 0.6) is 5.75 Å². The Morgan fingerprint density at radius 1 is 1.17 bits per heavy atom. The molecule has 2 aromatic rings. The molecule has 1 amide bonds. The molecule has 1 aliphatic heterocycles. The number of sulfonamides is 1. The second-order valence-corrected chi connectivity index (χ2v) is 9.44. The molecule has 0 aromatic heterocycles. The van der Waals surface area contributed by atoms with E-state index in [4.69, 9.17) is 4.74 Å². The number of benzene rings is 2. The van der Waals surface area contributed by atoms with Gasteiger partial charge in [0, 0.05) is 25.2 Å². The van der Waals surface area contributed by atoms with Crippen molar-refractivity contribution < 1.29 is 17.9 Å². The van der Waals surface area contributed by atoms with Crippen molar-refractivity contribution in [2.45, 2.75) is 39.2 Å². The third kappa shape index (κ3) is 6.05. The highest BCUT2D eigenvalue weighted by atomic mass is 32.2. The highest BCUT2D eigenvalue weighted by molar-refractivity contribution is 7.88. The van der Waals surface area contributed by atoms with Gasteiger partial charge in [0.05, 0.1) is 12.9 Å². The van der Waals surface area contributed by atoms with E-state index in [1.807, 2.05) is 49.4 Å². The molecule has 156 valence electrons. The minimum atomic E-state index is -3.21. The molecule has 1 N–H and O–H groups in total. The van der Waals surface area contributed by atoms with Crippen LogP contribution in [-0.4, -0.2) is 38.0 Å². The van der Waals surface area contributed by atoms with Gasteiger partial charge in [0.15, 0.2) is 0 Å². The SMILES string of the molecule is Cc1cccc(OCCCCC(=O)Nc2cccc3c2CCN(S(C)(=O)=O)C3)c1. The van der Waals surface area contributed by atoms with Crippen LogP contribution in [0.3, 0.4) is 0 Å². The Balaban J connectivity index is 1.46. The van der Waals surface area contributed by atoms with Crippen LogP contribution in [0.25, 0.3) is 0 Å². The van der Waals surface area contributed by atoms with E-state index in [0.717, 1.165) is 41.0 Å². The van der Waals surface area contributed by atoms with Gasteiger partial charge in [-0.05, 0) is 61.1 Å². The van der Waals surface area contributed by atoms with Gasteiger partial charge in [0.2, 0.25) is 15.9 Å². The van der Waals surface area contributed by atoms with Gasteiger partial charge in [-0.15, -0.1) is 0 Å². The van der Waals surface area contributed by atoms with E-state index in [1.165, 1.54) is 10.6 Å². The molecule has 0 saturated carbocycles. The summed E-state index contributed by atoms with van der Waals surface area (Å²) in [7, 11) is -3.21. The van der Waals surface area contributed by atoms with Crippen molar-refractivity contribution in [3.05, 3.63) is 59.2 Å². The molecule has 0 spiro atoms. The lowest BCUT2D eigenvalue weighted by atomic mass is 9.99. The van der Waals surface area contributed by atoms with Crippen LogP contribution in [-0.2, 0) is 27.8 Å². The van der Waals surface area contributed by atoms with Crippen molar-refractivity contribution >= 4 is 21.6 Å². The zero-order valence-corrected chi connectivity index (χ0v) is 17.8. The van der Waals surface area contributed by atoms with Gasteiger partial charge in [-0.2, -0.15) is 4.31 Å². The van der Waals surface area contributed by atoms with Crippen LogP contribution in [0.15, 0.2) is 42.5 Å². The molecule has 29 heavy (non-hydrogen) atoms. The van der Waals surface area contributed by atoms with Crippen molar-refractivity contribution in [2.24, 2.45) is 0 Å². The zero-order chi connectivity index (χ0) is 20.9. The Bertz CT molecular complexity index is 973. The Kier molecular flexibility index (Phi) is 6.92. The molecule has 0 bridgehead atoms. The number of hydrogen-bond acceptors (Lipinski definition) is 4. The third-order valence-electron chi connectivity index (χ3n) is 5.03. The average molecular weight is 417 g/mol. The second kappa shape index (κ2) is 9.41. The van der Waals surface area contributed by atoms with E-state index in [1.54, 1.807) is 0 Å². The molecular formula is C22H28N2O4S. The third-order valence-corrected chi connectivity index (χ3v) is 6.28. The smallest absolute Gasteiger partial charge is 0.224 e. The van der Waals surface area contributed by atoms with Crippen LogP contribution < -0.4 is 10.1 Å². The number of carbonyl (C=O) groups excluding carboxylic acids is 1. The maximum absolute atomic E-state index is 12.3. The zero-order valence-electron chi connectivity index (χ0n) is 17.0. The topological polar surface area (TPSA) is 75.7 Å². The largest absolute Gasteiger partial charge is 0.494 e. The lowest BCUT2D eigenvalue weighted by Gasteiger charge is -2.28. The number of nitrogens with zero attached hydrogens (tertiary/aromatic N) is 1. The normalized spacial score (nSPS) is 14.3. The monoisotopic (exact) mass is 416 g/mol. The van der Waals surface area contributed by atoms with Gasteiger partial charge in [-0.25, -0.2) is 8.42 Å². The van der Waals surface area contributed by atoms with E-state index in [-0.39, 0.29) is 5.91 Å². The first kappa shape index (κ1) is 21.3. The fourth-order valence-corrected chi connectivity index (χ4v) is 4.28. The van der Waals surface area contributed by atoms with Crippen LogP contribution in [0.4, 0.5) is 5.69 Å². The summed E-state index contributed by atoms with van der Waals surface area (Å²) in [6.07, 6.45) is 3.80. The fourth-order valence-electron chi connectivity index (χ4n) is 3.48. The predicted molar refractivity (Wildman–Crippen MR) is 115 cm³/mol. The standard InChI is InChI=1S/C22H28N2O4S/c1-17-7-5-9-19(15-17)28-14-4-3-11-22(25)23-21-10-6-8-18-16-24(29(2,26)27)13-12-20(18)21/h5-10,15H,3-4,11-14,16H2,1-2H3,(H,23,25). The van der Waals surface area contributed by atoms with E-state index in [9.17, 15) is 13.2 Å². The van der Waals surface area contributed by atoms with E-state index >= 15 is 0 Å². The van der Waals surface area contributed by atoms with E-state index in [0.29, 0.717) is 32.5 Å². The maximum Gasteiger partial charge on any atom is 0.224 e. The molecule has 6 nitrogen and oxygen atoms in total. The number of rotatable bonds is 8. The summed E-state index contributed by atoms with van der Waals surface area (Å²) in [6, 6.07) is 13.6. The van der Waals surface area contributed by atoms with Crippen molar-refractivity contribution in [3.63, 3.8) is 0 Å². The number of fused-ring (bicyclic) bond motifs is 1. The van der Waals surface area contributed by atoms with Crippen molar-refractivity contribution in [2.75, 3.05) is 24.7 Å². The summed E-state index contributed by atoms with van der Waals surface area (Å²) in [6.45, 7) is 3.40. The molecule has 0 unspecified atom stereocenters. The lowest BCUT2D eigenvalue weighted by molar-refractivity contribution is -0.116. The summed E-state index contributed by atoms with van der Waals surface area (Å²) in [5, 5.41) is 2.99. The number of hydrogen-bond donors (Lipinski definition) is 1. The van der Waals surface area contributed by atoms with E-state index in [2.05, 4.69) is 5.32 Å². The molecule has 2 aromatic carbocycles. The van der Waals surface area contributed by atoms with E-state index < -0.39 is 10.0 Å². The molecule has 0 fully saturated rings. The maximum atomic E-state index is 12.3. The average Bonchev–Trinajstić information content (AvgIpc) is 2.67. The first-order valence-corrected chi connectivity index (χ1v) is 11.7. The molecular weight excluding hydrogens is 388 g/mol. The minimum absolute atomic E-state index is 0.0282. The van der Waals surface area contributed by atoms with Crippen LogP contribution >= 0.6 is 0 Å². The van der Waals surface area contributed by atoms with Gasteiger partial charge in [0.1, 0.15) is 5.75 Å². The highest BCUT2D eigenvalue weighted by Gasteiger charge is 2.24. The molecule has 0 radical (unpaired) electrons. The number of unbranched alkanes of at least 4 members (excludes halogenated alkanes) is 1. The summed E-state index contributed by atoms with van der Waals surface area (Å²) >= 11 is 0. The Labute approximate surface area is 172 Å². The number of carbonyl (C=O) groups is 1. The van der Waals surface area contributed by atoms with Gasteiger partial charge < -0.3 is 10.1 Å². The highest BCUT2D eigenvalue weighted by Crippen LogP contribution is 2.27. The Morgan fingerprint density at radius 2 is 1.97 bits per heavy atom. The molecule has 0 saturated heterocycles. The number of amides is 1. The quantitative estimate of drug-likeness (QED) is 0.669. The number of nitrogens with one attached hydrogen (secondary N) is 1. The van der Waals surface area contributed by atoms with Crippen LogP contribution in [0.1, 0.15) is 36.0 Å². The van der Waals surface area contributed by atoms with Crippen LogP contribution in [0, 0.1) is 6.92 Å².